The number of rotatable bonds is 4. The Morgan fingerprint density at radius 1 is 1.12 bits per heavy atom. The minimum absolute atomic E-state index is 0.319. The van der Waals surface area contributed by atoms with Crippen LogP contribution in [0.25, 0.3) is 10.8 Å². The number of aromatic nitrogens is 1. The van der Waals surface area contributed by atoms with Crippen molar-refractivity contribution in [3.63, 3.8) is 0 Å². The van der Waals surface area contributed by atoms with Crippen LogP contribution in [0.15, 0.2) is 60.9 Å². The van der Waals surface area contributed by atoms with Gasteiger partial charge in [-0.3, -0.25) is 9.88 Å². The summed E-state index contributed by atoms with van der Waals surface area (Å²) in [6.45, 7) is 2.02. The SMILES string of the molecule is COc1ccc2ccccc2c1C1SCCN1Cc1ccncc1. The number of ether oxygens (including phenoxy) is 1. The van der Waals surface area contributed by atoms with Gasteiger partial charge in [-0.2, -0.15) is 0 Å². The van der Waals surface area contributed by atoms with Crippen LogP contribution in [0.3, 0.4) is 0 Å². The molecule has 3 nitrogen and oxygen atoms in total. The zero-order valence-electron chi connectivity index (χ0n) is 13.7. The summed E-state index contributed by atoms with van der Waals surface area (Å²) in [4.78, 5) is 6.65. The van der Waals surface area contributed by atoms with Gasteiger partial charge in [-0.05, 0) is 34.5 Å². The normalized spacial score (nSPS) is 18.1. The lowest BCUT2D eigenvalue weighted by atomic mass is 10.0. The van der Waals surface area contributed by atoms with E-state index < -0.39 is 0 Å². The monoisotopic (exact) mass is 336 g/mol. The third-order valence-corrected chi connectivity index (χ3v) is 5.79. The topological polar surface area (TPSA) is 25.4 Å². The van der Waals surface area contributed by atoms with E-state index in [2.05, 4.69) is 58.4 Å². The molecule has 3 aromatic rings. The van der Waals surface area contributed by atoms with E-state index in [4.69, 9.17) is 4.74 Å². The fourth-order valence-corrected chi connectivity index (χ4v) is 4.73. The average molecular weight is 336 g/mol. The Labute approximate surface area is 146 Å². The zero-order chi connectivity index (χ0) is 16.4. The maximum Gasteiger partial charge on any atom is 0.125 e. The number of thioether (sulfide) groups is 1. The highest BCUT2D eigenvalue weighted by atomic mass is 32.2. The first-order chi connectivity index (χ1) is 11.9. The maximum atomic E-state index is 5.71. The number of benzene rings is 2. The van der Waals surface area contributed by atoms with E-state index in [0.717, 1.165) is 24.6 Å². The summed E-state index contributed by atoms with van der Waals surface area (Å²) < 4.78 is 5.71. The molecule has 0 amide bonds. The number of pyridine rings is 1. The Balaban J connectivity index is 1.75. The predicted octanol–water partition coefficient (Wildman–Crippen LogP) is 4.49. The van der Waals surface area contributed by atoms with Gasteiger partial charge in [0, 0.05) is 36.8 Å². The predicted molar refractivity (Wildman–Crippen MR) is 100 cm³/mol. The van der Waals surface area contributed by atoms with E-state index in [0.29, 0.717) is 5.37 Å². The molecule has 0 saturated carbocycles. The lowest BCUT2D eigenvalue weighted by molar-refractivity contribution is 0.277. The van der Waals surface area contributed by atoms with Gasteiger partial charge in [-0.1, -0.05) is 30.3 Å². The molecule has 4 rings (SSSR count). The first kappa shape index (κ1) is 15.5. The molecule has 0 radical (unpaired) electrons. The van der Waals surface area contributed by atoms with Crippen LogP contribution in [0.5, 0.6) is 5.75 Å². The second kappa shape index (κ2) is 6.83. The molecule has 1 unspecified atom stereocenters. The first-order valence-electron chi connectivity index (χ1n) is 8.17. The molecular weight excluding hydrogens is 316 g/mol. The van der Waals surface area contributed by atoms with Crippen LogP contribution in [0.1, 0.15) is 16.5 Å². The van der Waals surface area contributed by atoms with Crippen molar-refractivity contribution in [1.82, 2.24) is 9.88 Å². The van der Waals surface area contributed by atoms with Gasteiger partial charge in [0.05, 0.1) is 12.5 Å². The van der Waals surface area contributed by atoms with Gasteiger partial charge in [0.25, 0.3) is 0 Å². The van der Waals surface area contributed by atoms with Crippen LogP contribution in [0.2, 0.25) is 0 Å². The van der Waals surface area contributed by atoms with Crippen molar-refractivity contribution >= 4 is 22.5 Å². The summed E-state index contributed by atoms with van der Waals surface area (Å²) in [5.41, 5.74) is 2.60. The minimum Gasteiger partial charge on any atom is -0.496 e. The summed E-state index contributed by atoms with van der Waals surface area (Å²) in [6.07, 6.45) is 3.73. The fourth-order valence-electron chi connectivity index (χ4n) is 3.36. The van der Waals surface area contributed by atoms with Crippen LogP contribution in [0, 0.1) is 0 Å². The van der Waals surface area contributed by atoms with Crippen LogP contribution >= 0.6 is 11.8 Å². The number of methoxy groups -OCH3 is 1. The highest BCUT2D eigenvalue weighted by Gasteiger charge is 2.30. The Hall–Kier alpha value is -2.04. The largest absolute Gasteiger partial charge is 0.496 e. The van der Waals surface area contributed by atoms with E-state index in [1.807, 2.05) is 24.2 Å². The van der Waals surface area contributed by atoms with Crippen molar-refractivity contribution < 1.29 is 4.74 Å². The zero-order valence-corrected chi connectivity index (χ0v) is 14.5. The molecule has 1 aliphatic rings. The quantitative estimate of drug-likeness (QED) is 0.701. The van der Waals surface area contributed by atoms with Crippen molar-refractivity contribution in [2.75, 3.05) is 19.4 Å². The molecule has 0 aliphatic carbocycles. The average Bonchev–Trinajstić information content (AvgIpc) is 3.09. The van der Waals surface area contributed by atoms with Crippen LogP contribution in [-0.2, 0) is 6.54 Å². The van der Waals surface area contributed by atoms with Crippen LogP contribution in [0.4, 0.5) is 0 Å². The van der Waals surface area contributed by atoms with Crippen LogP contribution in [-0.4, -0.2) is 29.3 Å². The van der Waals surface area contributed by atoms with E-state index in [1.165, 1.54) is 21.9 Å². The Kier molecular flexibility index (Phi) is 4.41. The van der Waals surface area contributed by atoms with Crippen molar-refractivity contribution in [1.29, 1.82) is 0 Å². The second-order valence-electron chi connectivity index (χ2n) is 5.95. The molecule has 1 aromatic heterocycles. The summed E-state index contributed by atoms with van der Waals surface area (Å²) in [6, 6.07) is 17.0. The lowest BCUT2D eigenvalue weighted by Crippen LogP contribution is -2.23. The van der Waals surface area contributed by atoms with Gasteiger partial charge in [0.2, 0.25) is 0 Å². The van der Waals surface area contributed by atoms with Crippen molar-refractivity contribution in [3.05, 3.63) is 72.1 Å². The number of nitrogens with zero attached hydrogens (tertiary/aromatic N) is 2. The second-order valence-corrected chi connectivity index (χ2v) is 7.14. The molecule has 122 valence electrons. The molecule has 1 atom stereocenters. The molecule has 24 heavy (non-hydrogen) atoms. The van der Waals surface area contributed by atoms with Gasteiger partial charge in [0.1, 0.15) is 5.75 Å². The van der Waals surface area contributed by atoms with Gasteiger partial charge < -0.3 is 4.74 Å². The molecule has 1 saturated heterocycles. The Morgan fingerprint density at radius 3 is 2.79 bits per heavy atom. The van der Waals surface area contributed by atoms with E-state index in [9.17, 15) is 0 Å². The number of fused-ring (bicyclic) bond motifs is 1. The summed E-state index contributed by atoms with van der Waals surface area (Å²) in [5, 5.41) is 2.87. The van der Waals surface area contributed by atoms with E-state index in [1.54, 1.807) is 7.11 Å². The van der Waals surface area contributed by atoms with Crippen molar-refractivity contribution in [2.45, 2.75) is 11.9 Å². The molecule has 0 N–H and O–H groups in total. The molecule has 4 heteroatoms. The maximum absolute atomic E-state index is 5.71. The summed E-state index contributed by atoms with van der Waals surface area (Å²) >= 11 is 2.00. The molecule has 0 spiro atoms. The highest BCUT2D eigenvalue weighted by molar-refractivity contribution is 7.99. The molecule has 2 heterocycles. The standard InChI is InChI=1S/C20H20N2OS/c1-23-18-7-6-16-4-2-3-5-17(16)19(18)20-22(12-13-24-20)14-15-8-10-21-11-9-15/h2-11,20H,12-14H2,1H3. The first-order valence-corrected chi connectivity index (χ1v) is 9.22. The summed E-state index contributed by atoms with van der Waals surface area (Å²) in [5.74, 6) is 2.12. The lowest BCUT2D eigenvalue weighted by Gasteiger charge is -2.26. The fraction of sp³-hybridized carbons (Fsp3) is 0.250. The van der Waals surface area contributed by atoms with Gasteiger partial charge in [-0.25, -0.2) is 0 Å². The molecule has 2 aromatic carbocycles. The Morgan fingerprint density at radius 2 is 1.96 bits per heavy atom. The van der Waals surface area contributed by atoms with Crippen LogP contribution < -0.4 is 4.74 Å². The molecule has 0 bridgehead atoms. The molecule has 1 aliphatic heterocycles. The van der Waals surface area contributed by atoms with E-state index >= 15 is 0 Å². The highest BCUT2D eigenvalue weighted by Crippen LogP contribution is 2.45. The minimum atomic E-state index is 0.319. The van der Waals surface area contributed by atoms with Gasteiger partial charge in [-0.15, -0.1) is 11.8 Å². The number of hydrogen-bond donors (Lipinski definition) is 0. The Bertz CT molecular complexity index is 837. The third-order valence-electron chi connectivity index (χ3n) is 4.52. The molecular formula is C20H20N2OS. The number of hydrogen-bond acceptors (Lipinski definition) is 4. The van der Waals surface area contributed by atoms with E-state index in [-0.39, 0.29) is 0 Å². The van der Waals surface area contributed by atoms with Crippen molar-refractivity contribution in [3.8, 4) is 5.75 Å². The molecule has 1 fully saturated rings. The smallest absolute Gasteiger partial charge is 0.125 e. The van der Waals surface area contributed by atoms with Crippen molar-refractivity contribution in [2.24, 2.45) is 0 Å². The van der Waals surface area contributed by atoms with Gasteiger partial charge in [0.15, 0.2) is 0 Å². The summed E-state index contributed by atoms with van der Waals surface area (Å²) in [7, 11) is 1.76. The van der Waals surface area contributed by atoms with Gasteiger partial charge >= 0.3 is 0 Å². The third kappa shape index (κ3) is 2.87.